The van der Waals surface area contributed by atoms with Crippen LogP contribution < -0.4 is 0 Å². The summed E-state index contributed by atoms with van der Waals surface area (Å²) in [4.78, 5) is 13.9. The normalized spacial score (nSPS) is 8.00. The molecule has 0 aliphatic rings. The van der Waals surface area contributed by atoms with Crippen molar-refractivity contribution >= 4 is 5.91 Å². The molecule has 1 N–H and O–H groups in total. The van der Waals surface area contributed by atoms with E-state index >= 15 is 0 Å². The van der Waals surface area contributed by atoms with Crippen LogP contribution in [0.15, 0.2) is 24.5 Å². The molecule has 0 saturated carbocycles. The molecule has 0 bridgehead atoms. The Labute approximate surface area is 92.0 Å². The molecular formula is C6H5N2OPr-. The smallest absolute Gasteiger partial charge is 0.0811 e. The molecular weight excluding hydrogens is 257 g/mol. The SMILES string of the molecule is [NH-]C(=O)c1cccnc1.[Pr]. The minimum Gasteiger partial charge on any atom is -0.664 e. The number of pyridine rings is 1. The van der Waals surface area contributed by atoms with Gasteiger partial charge in [0.25, 0.3) is 0 Å². The molecule has 1 rings (SSSR count). The van der Waals surface area contributed by atoms with Gasteiger partial charge in [-0.05, 0) is 12.1 Å². The van der Waals surface area contributed by atoms with Crippen molar-refractivity contribution in [3.63, 3.8) is 0 Å². The summed E-state index contributed by atoms with van der Waals surface area (Å²) >= 11 is 0. The molecule has 1 aromatic rings. The first kappa shape index (κ1) is 9.98. The fourth-order valence-corrected chi connectivity index (χ4v) is 0.497. The van der Waals surface area contributed by atoms with E-state index in [9.17, 15) is 4.79 Å². The summed E-state index contributed by atoms with van der Waals surface area (Å²) in [5, 5.41) is 0. The van der Waals surface area contributed by atoms with Crippen LogP contribution in [0.5, 0.6) is 0 Å². The minimum atomic E-state index is -0.692. The average Bonchev–Trinajstić information content (AvgIpc) is 1.90. The van der Waals surface area contributed by atoms with E-state index in [1.807, 2.05) is 0 Å². The van der Waals surface area contributed by atoms with Crippen molar-refractivity contribution in [2.75, 3.05) is 0 Å². The van der Waals surface area contributed by atoms with Gasteiger partial charge in [0.2, 0.25) is 0 Å². The van der Waals surface area contributed by atoms with Crippen LogP contribution in [-0.2, 0) is 0 Å². The molecule has 0 aliphatic carbocycles. The van der Waals surface area contributed by atoms with Crippen molar-refractivity contribution in [2.24, 2.45) is 0 Å². The fraction of sp³-hybridized carbons (Fsp3) is 0. The largest absolute Gasteiger partial charge is 0.664 e. The summed E-state index contributed by atoms with van der Waals surface area (Å²) in [5.74, 6) is -0.692. The molecule has 0 saturated heterocycles. The van der Waals surface area contributed by atoms with E-state index in [-0.39, 0.29) is 41.3 Å². The molecule has 1 aromatic heterocycles. The van der Waals surface area contributed by atoms with E-state index in [1.165, 1.54) is 6.20 Å². The number of carbonyl (C=O) groups is 1. The summed E-state index contributed by atoms with van der Waals surface area (Å²) in [5.41, 5.74) is 6.97. The number of aromatic nitrogens is 1. The number of nitrogens with one attached hydrogen (secondary N) is 1. The molecule has 1 radical (unpaired) electrons. The van der Waals surface area contributed by atoms with Crippen molar-refractivity contribution < 1.29 is 46.1 Å². The predicted molar refractivity (Wildman–Crippen MR) is 32.9 cm³/mol. The Morgan fingerprint density at radius 1 is 1.60 bits per heavy atom. The van der Waals surface area contributed by atoms with Crippen LogP contribution in [0.3, 0.4) is 0 Å². The molecule has 3 nitrogen and oxygen atoms in total. The van der Waals surface area contributed by atoms with Gasteiger partial charge in [-0.25, -0.2) is 0 Å². The Balaban J connectivity index is 0.000000810. The Bertz CT molecular complexity index is 212. The van der Waals surface area contributed by atoms with E-state index in [2.05, 4.69) is 4.98 Å². The molecule has 0 aromatic carbocycles. The van der Waals surface area contributed by atoms with Crippen molar-refractivity contribution in [2.45, 2.75) is 0 Å². The zero-order valence-electron chi connectivity index (χ0n) is 5.24. The maximum atomic E-state index is 10.3. The average molecular weight is 262 g/mol. The maximum absolute atomic E-state index is 10.3. The Morgan fingerprint density at radius 2 is 2.30 bits per heavy atom. The fourth-order valence-electron chi connectivity index (χ4n) is 0.497. The molecule has 49 valence electrons. The topological polar surface area (TPSA) is 53.8 Å². The van der Waals surface area contributed by atoms with Crippen LogP contribution in [-0.4, -0.2) is 10.9 Å². The van der Waals surface area contributed by atoms with Crippen LogP contribution in [0.2, 0.25) is 0 Å². The summed E-state index contributed by atoms with van der Waals surface area (Å²) in [7, 11) is 0. The predicted octanol–water partition coefficient (Wildman–Crippen LogP) is 1.27. The van der Waals surface area contributed by atoms with Gasteiger partial charge >= 0.3 is 0 Å². The van der Waals surface area contributed by atoms with Gasteiger partial charge in [-0.2, -0.15) is 0 Å². The molecule has 1 heterocycles. The summed E-state index contributed by atoms with van der Waals surface area (Å²) in [6.07, 6.45) is 2.93. The monoisotopic (exact) mass is 262 g/mol. The molecule has 0 aliphatic heterocycles. The van der Waals surface area contributed by atoms with Gasteiger partial charge in [-0.15, -0.1) is 0 Å². The van der Waals surface area contributed by atoms with Crippen LogP contribution >= 0.6 is 0 Å². The summed E-state index contributed by atoms with van der Waals surface area (Å²) < 4.78 is 0. The molecule has 0 spiro atoms. The number of hydrogen-bond donors (Lipinski definition) is 0. The molecule has 1 amide bonds. The number of amides is 1. The van der Waals surface area contributed by atoms with Crippen molar-refractivity contribution in [3.05, 3.63) is 35.8 Å². The number of carbonyl (C=O) groups excluding carboxylic acids is 1. The Morgan fingerprint density at radius 3 is 2.60 bits per heavy atom. The summed E-state index contributed by atoms with van der Waals surface area (Å²) in [6.45, 7) is 0. The zero-order chi connectivity index (χ0) is 6.69. The van der Waals surface area contributed by atoms with Gasteiger partial charge < -0.3 is 10.5 Å². The van der Waals surface area contributed by atoms with E-state index in [1.54, 1.807) is 18.3 Å². The second-order valence-electron chi connectivity index (χ2n) is 1.57. The van der Waals surface area contributed by atoms with Gasteiger partial charge in [-0.3, -0.25) is 4.98 Å². The third-order valence-electron chi connectivity index (χ3n) is 0.924. The second kappa shape index (κ2) is 4.75. The maximum Gasteiger partial charge on any atom is 0.0811 e. The van der Waals surface area contributed by atoms with Gasteiger partial charge in [0.1, 0.15) is 0 Å². The van der Waals surface area contributed by atoms with Crippen molar-refractivity contribution in [3.8, 4) is 0 Å². The Hall–Kier alpha value is -0.0164. The van der Waals surface area contributed by atoms with Crippen LogP contribution in [0.25, 0.3) is 5.73 Å². The first-order valence-electron chi connectivity index (χ1n) is 2.46. The quantitative estimate of drug-likeness (QED) is 0.765. The standard InChI is InChI=1S/C6H6N2O.Pr/c7-6(9)5-2-1-3-8-4-5;/h1-4H,(H2,7,9);/p-1. The van der Waals surface area contributed by atoms with Crippen LogP contribution in [0, 0.1) is 41.3 Å². The van der Waals surface area contributed by atoms with Gasteiger partial charge in [0.05, 0.1) is 5.91 Å². The minimum absolute atomic E-state index is 0. The molecule has 0 fully saturated rings. The van der Waals surface area contributed by atoms with E-state index < -0.39 is 5.91 Å². The first-order valence-corrected chi connectivity index (χ1v) is 2.46. The van der Waals surface area contributed by atoms with Crippen LogP contribution in [0.1, 0.15) is 10.4 Å². The van der Waals surface area contributed by atoms with E-state index in [0.29, 0.717) is 5.56 Å². The molecule has 4 heteroatoms. The third-order valence-corrected chi connectivity index (χ3v) is 0.924. The number of nitrogens with zero attached hydrogens (tertiary/aromatic N) is 1. The van der Waals surface area contributed by atoms with Gasteiger partial charge in [-0.1, -0.05) is 0 Å². The van der Waals surface area contributed by atoms with Gasteiger partial charge in [0.15, 0.2) is 0 Å². The first-order chi connectivity index (χ1) is 4.30. The number of rotatable bonds is 1. The molecule has 10 heavy (non-hydrogen) atoms. The molecule has 0 unspecified atom stereocenters. The van der Waals surface area contributed by atoms with E-state index in [4.69, 9.17) is 5.73 Å². The van der Waals surface area contributed by atoms with Gasteiger partial charge in [0, 0.05) is 59.2 Å². The van der Waals surface area contributed by atoms with E-state index in [0.717, 1.165) is 0 Å². The van der Waals surface area contributed by atoms with Crippen molar-refractivity contribution in [1.82, 2.24) is 4.98 Å². The van der Waals surface area contributed by atoms with Crippen molar-refractivity contribution in [1.29, 1.82) is 0 Å². The zero-order valence-corrected chi connectivity index (χ0v) is 8.95. The molecule has 0 atom stereocenters. The van der Waals surface area contributed by atoms with Crippen LogP contribution in [0.4, 0.5) is 0 Å². The summed E-state index contributed by atoms with van der Waals surface area (Å²) in [6, 6.07) is 3.18. The third kappa shape index (κ3) is 2.71. The Kier molecular flexibility index (Phi) is 4.74. The second-order valence-corrected chi connectivity index (χ2v) is 1.57. The number of hydrogen-bond acceptors (Lipinski definition) is 2.